The molecule has 2 aliphatic rings. The van der Waals surface area contributed by atoms with E-state index in [2.05, 4.69) is 75.2 Å². The van der Waals surface area contributed by atoms with Crippen molar-refractivity contribution in [1.29, 1.82) is 0 Å². The minimum atomic E-state index is -0.803. The van der Waals surface area contributed by atoms with Crippen LogP contribution in [0.15, 0.2) is 48.5 Å². The van der Waals surface area contributed by atoms with Crippen molar-refractivity contribution in [3.05, 3.63) is 59.7 Å². The minimum Gasteiger partial charge on any atom is -0.375 e. The molecule has 2 aromatic heterocycles. The normalized spacial score (nSPS) is 23.9. The van der Waals surface area contributed by atoms with E-state index in [-0.39, 0.29) is 18.1 Å². The van der Waals surface area contributed by atoms with Gasteiger partial charge in [-0.25, -0.2) is 0 Å². The predicted molar refractivity (Wildman–Crippen MR) is 138 cm³/mol. The summed E-state index contributed by atoms with van der Waals surface area (Å²) >= 11 is 0. The molecule has 7 rings (SSSR count). The number of methoxy groups -OCH3 is 2. The van der Waals surface area contributed by atoms with Gasteiger partial charge in [0.05, 0.1) is 28.2 Å². The Kier molecular flexibility index (Phi) is 4.23. The Labute approximate surface area is 202 Å². The number of rotatable bonds is 3. The number of hydrogen-bond acceptors (Lipinski definition) is 4. The molecule has 0 unspecified atom stereocenters. The van der Waals surface area contributed by atoms with Crippen molar-refractivity contribution in [1.82, 2.24) is 19.8 Å². The number of carbonyl (C=O) groups excluding carboxylic acids is 1. The maximum atomic E-state index is 13.3. The molecular formula is C28H28N4O3. The summed E-state index contributed by atoms with van der Waals surface area (Å²) in [6.07, 6.45) is -0.283. The van der Waals surface area contributed by atoms with Gasteiger partial charge in [-0.05, 0) is 31.7 Å². The molecule has 0 saturated heterocycles. The smallest absolute Gasteiger partial charge is 0.252 e. The lowest BCUT2D eigenvalue weighted by atomic mass is 9.95. The molecule has 2 aliphatic heterocycles. The van der Waals surface area contributed by atoms with Crippen LogP contribution in [0.25, 0.3) is 43.6 Å². The quantitative estimate of drug-likeness (QED) is 0.419. The van der Waals surface area contributed by atoms with Gasteiger partial charge in [-0.2, -0.15) is 0 Å². The predicted octanol–water partition coefficient (Wildman–Crippen LogP) is 4.08. The van der Waals surface area contributed by atoms with Crippen molar-refractivity contribution in [2.45, 2.75) is 37.9 Å². The highest BCUT2D eigenvalue weighted by atomic mass is 16.6. The summed E-state index contributed by atoms with van der Waals surface area (Å²) in [5.41, 5.74) is 5.41. The average Bonchev–Trinajstić information content (AvgIpc) is 3.53. The monoisotopic (exact) mass is 468 g/mol. The second-order valence-corrected chi connectivity index (χ2v) is 9.77. The van der Waals surface area contributed by atoms with Crippen LogP contribution in [0.1, 0.15) is 22.8 Å². The molecule has 178 valence electrons. The summed E-state index contributed by atoms with van der Waals surface area (Å²) < 4.78 is 17.3. The molecule has 2 N–H and O–H groups in total. The maximum absolute atomic E-state index is 13.3. The van der Waals surface area contributed by atoms with Crippen molar-refractivity contribution in [3.8, 4) is 0 Å². The lowest BCUT2D eigenvalue weighted by Crippen LogP contribution is -2.56. The van der Waals surface area contributed by atoms with Gasteiger partial charge in [0.25, 0.3) is 5.91 Å². The van der Waals surface area contributed by atoms with Gasteiger partial charge in [0.1, 0.15) is 6.10 Å². The molecule has 1 amide bonds. The molecule has 7 nitrogen and oxygen atoms in total. The Morgan fingerprint density at radius 3 is 2.37 bits per heavy atom. The van der Waals surface area contributed by atoms with Gasteiger partial charge in [-0.1, -0.05) is 36.4 Å². The van der Waals surface area contributed by atoms with E-state index in [1.165, 1.54) is 0 Å². The van der Waals surface area contributed by atoms with Gasteiger partial charge in [-0.15, -0.1) is 0 Å². The van der Waals surface area contributed by atoms with Crippen LogP contribution < -0.4 is 10.6 Å². The number of aromatic nitrogens is 2. The first-order valence-electron chi connectivity index (χ1n) is 12.1. The summed E-state index contributed by atoms with van der Waals surface area (Å²) in [5.74, 6) is -0.00173. The number of likely N-dealkylation sites (N-methyl/N-ethyl adjacent to an activating group) is 1. The zero-order valence-electron chi connectivity index (χ0n) is 20.3. The fraction of sp³-hybridized carbons (Fsp3) is 0.321. The van der Waals surface area contributed by atoms with E-state index in [1.54, 1.807) is 14.2 Å². The van der Waals surface area contributed by atoms with Crippen LogP contribution in [-0.4, -0.2) is 48.5 Å². The fourth-order valence-electron chi connectivity index (χ4n) is 6.81. The third kappa shape index (κ3) is 2.38. The van der Waals surface area contributed by atoms with E-state index in [0.717, 1.165) is 54.7 Å². The molecule has 3 aromatic carbocycles. The summed E-state index contributed by atoms with van der Waals surface area (Å²) in [6, 6.07) is 16.8. The molecule has 7 heteroatoms. The van der Waals surface area contributed by atoms with Crippen LogP contribution in [-0.2, 0) is 28.3 Å². The molecule has 35 heavy (non-hydrogen) atoms. The number of fused-ring (bicyclic) bond motifs is 9. The Morgan fingerprint density at radius 2 is 1.69 bits per heavy atom. The molecule has 0 spiro atoms. The molecule has 3 atom stereocenters. The number of amides is 1. The van der Waals surface area contributed by atoms with Crippen molar-refractivity contribution >= 4 is 49.5 Å². The van der Waals surface area contributed by atoms with E-state index < -0.39 is 5.72 Å². The van der Waals surface area contributed by atoms with Crippen LogP contribution in [0.2, 0.25) is 0 Å². The molecule has 0 fully saturated rings. The molecule has 0 bridgehead atoms. The van der Waals surface area contributed by atoms with Crippen LogP contribution in [0.5, 0.6) is 0 Å². The topological polar surface area (TPSA) is 69.5 Å². The second-order valence-electron chi connectivity index (χ2n) is 9.77. The van der Waals surface area contributed by atoms with Gasteiger partial charge >= 0.3 is 0 Å². The zero-order chi connectivity index (χ0) is 24.1. The second kappa shape index (κ2) is 7.07. The number of nitrogens with zero attached hydrogens (tertiary/aromatic N) is 2. The van der Waals surface area contributed by atoms with Crippen molar-refractivity contribution in [3.63, 3.8) is 0 Å². The highest BCUT2D eigenvalue weighted by molar-refractivity contribution is 6.30. The standard InChI is InChI=1S/C28H28N4O3/c1-28(35-4)26(34-3)18(29-2)14-31-19-11-7-5-9-15(19)22-23-17(13-30-27(23)33)21-16-10-6-8-12-20(16)32(28)25(21)24(22)31/h5-12,18,26,29H,13-14H2,1-4H3,(H,30,33)/t18-,26-,28+/m1/s1. The van der Waals surface area contributed by atoms with E-state index >= 15 is 0 Å². The number of ether oxygens (including phenoxy) is 2. The minimum absolute atomic E-state index is 0.00173. The Balaban J connectivity index is 1.86. The Bertz CT molecular complexity index is 1700. The van der Waals surface area contributed by atoms with Gasteiger partial charge in [-0.3, -0.25) is 4.79 Å². The van der Waals surface area contributed by atoms with Crippen LogP contribution in [0.3, 0.4) is 0 Å². The third-order valence-corrected chi connectivity index (χ3v) is 8.33. The zero-order valence-corrected chi connectivity index (χ0v) is 20.3. The third-order valence-electron chi connectivity index (χ3n) is 8.33. The molecule has 0 saturated carbocycles. The molecule has 0 aliphatic carbocycles. The van der Waals surface area contributed by atoms with Crippen molar-refractivity contribution < 1.29 is 14.3 Å². The number of carbonyl (C=O) groups is 1. The van der Waals surface area contributed by atoms with E-state index in [0.29, 0.717) is 13.1 Å². The largest absolute Gasteiger partial charge is 0.375 e. The van der Waals surface area contributed by atoms with Crippen molar-refractivity contribution in [2.75, 3.05) is 21.3 Å². The SMILES string of the molecule is CN[C@@H]1Cn2c3ccccc3c3c4c(c5c6ccccc6n(c5c32)[C@@](C)(OC)[C@@H]1OC)CNC4=O. The molecule has 5 aromatic rings. The van der Waals surface area contributed by atoms with Crippen LogP contribution in [0.4, 0.5) is 0 Å². The maximum Gasteiger partial charge on any atom is 0.252 e. The first kappa shape index (κ1) is 20.9. The summed E-state index contributed by atoms with van der Waals surface area (Å²) in [6.45, 7) is 3.30. The highest BCUT2D eigenvalue weighted by Crippen LogP contribution is 2.48. The lowest BCUT2D eigenvalue weighted by Gasteiger charge is -2.43. The van der Waals surface area contributed by atoms with Gasteiger partial charge in [0, 0.05) is 54.4 Å². The number of benzene rings is 3. The first-order chi connectivity index (χ1) is 17.0. The van der Waals surface area contributed by atoms with Crippen molar-refractivity contribution in [2.24, 2.45) is 0 Å². The molecule has 0 radical (unpaired) electrons. The summed E-state index contributed by atoms with van der Waals surface area (Å²) in [7, 11) is 5.48. The molecule has 4 heterocycles. The van der Waals surface area contributed by atoms with E-state index in [4.69, 9.17) is 9.47 Å². The highest BCUT2D eigenvalue weighted by Gasteiger charge is 2.46. The Morgan fingerprint density at radius 1 is 1.00 bits per heavy atom. The van der Waals surface area contributed by atoms with Crippen LogP contribution in [0, 0.1) is 0 Å². The van der Waals surface area contributed by atoms with Gasteiger partial charge < -0.3 is 29.2 Å². The average molecular weight is 469 g/mol. The summed E-state index contributed by atoms with van der Waals surface area (Å²) in [4.78, 5) is 13.3. The van der Waals surface area contributed by atoms with Gasteiger partial charge in [0.2, 0.25) is 0 Å². The summed E-state index contributed by atoms with van der Waals surface area (Å²) in [5, 5.41) is 11.0. The number of nitrogens with one attached hydrogen (secondary N) is 2. The lowest BCUT2D eigenvalue weighted by molar-refractivity contribution is -0.166. The van der Waals surface area contributed by atoms with Crippen LogP contribution >= 0.6 is 0 Å². The first-order valence-corrected chi connectivity index (χ1v) is 12.1. The molecular weight excluding hydrogens is 440 g/mol. The van der Waals surface area contributed by atoms with E-state index in [9.17, 15) is 4.79 Å². The Hall–Kier alpha value is -3.39. The van der Waals surface area contributed by atoms with E-state index in [1.807, 2.05) is 7.05 Å². The number of para-hydroxylation sites is 2. The fourth-order valence-corrected chi connectivity index (χ4v) is 6.81. The van der Waals surface area contributed by atoms with Gasteiger partial charge in [0.15, 0.2) is 5.72 Å². The number of hydrogen-bond donors (Lipinski definition) is 2.